The van der Waals surface area contributed by atoms with E-state index in [2.05, 4.69) is 29.2 Å². The number of amides is 1. The summed E-state index contributed by atoms with van der Waals surface area (Å²) in [6, 6.07) is 24.4. The van der Waals surface area contributed by atoms with E-state index in [0.29, 0.717) is 5.56 Å². The molecule has 0 fully saturated rings. The normalized spacial score (nSPS) is 13.1. The number of anilines is 2. The van der Waals surface area contributed by atoms with Crippen LogP contribution in [0.1, 0.15) is 27.0 Å². The average Bonchev–Trinajstić information content (AvgIpc) is 2.84. The molecule has 3 nitrogen and oxygen atoms in total. The van der Waals surface area contributed by atoms with Gasteiger partial charge >= 0.3 is 0 Å². The maximum Gasteiger partial charge on any atom is 0.262 e. The van der Waals surface area contributed by atoms with Gasteiger partial charge in [-0.1, -0.05) is 48.5 Å². The van der Waals surface area contributed by atoms with E-state index in [9.17, 15) is 4.79 Å². The molecule has 0 bridgehead atoms. The average molecular weight is 356 g/mol. The van der Waals surface area contributed by atoms with Gasteiger partial charge in [0, 0.05) is 12.1 Å². The van der Waals surface area contributed by atoms with Gasteiger partial charge in [-0.25, -0.2) is 0 Å². The molecule has 1 heterocycles. The van der Waals surface area contributed by atoms with Crippen LogP contribution in [0.4, 0.5) is 11.4 Å². The molecule has 0 aromatic heterocycles. The second-order valence-electron chi connectivity index (χ2n) is 7.33. The molecule has 0 saturated heterocycles. The van der Waals surface area contributed by atoms with Gasteiger partial charge < -0.3 is 4.90 Å². The molecular formula is C24H24N2O. The Morgan fingerprint density at radius 1 is 0.815 bits per heavy atom. The Morgan fingerprint density at radius 2 is 1.33 bits per heavy atom. The number of carbonyl (C=O) groups is 1. The summed E-state index contributed by atoms with van der Waals surface area (Å²) in [6.07, 6.45) is 1.89. The van der Waals surface area contributed by atoms with E-state index in [1.54, 1.807) is 0 Å². The molecule has 0 spiro atoms. The molecule has 3 aromatic carbocycles. The molecule has 0 atom stereocenters. The van der Waals surface area contributed by atoms with Crippen molar-refractivity contribution >= 4 is 17.3 Å². The summed E-state index contributed by atoms with van der Waals surface area (Å²) in [4.78, 5) is 17.5. The first kappa shape index (κ1) is 17.5. The zero-order chi connectivity index (χ0) is 18.8. The first-order valence-corrected chi connectivity index (χ1v) is 9.37. The van der Waals surface area contributed by atoms with Gasteiger partial charge in [0.05, 0.1) is 11.4 Å². The summed E-state index contributed by atoms with van der Waals surface area (Å²) in [7, 11) is 4.09. The largest absolute Gasteiger partial charge is 0.305 e. The highest BCUT2D eigenvalue weighted by Gasteiger charge is 2.26. The molecule has 1 aliphatic rings. The van der Waals surface area contributed by atoms with Crippen molar-refractivity contribution in [3.8, 4) is 0 Å². The Balaban J connectivity index is 1.77. The van der Waals surface area contributed by atoms with Crippen molar-refractivity contribution in [2.75, 3.05) is 19.0 Å². The fourth-order valence-electron chi connectivity index (χ4n) is 3.75. The van der Waals surface area contributed by atoms with Crippen molar-refractivity contribution in [3.63, 3.8) is 0 Å². The van der Waals surface area contributed by atoms with E-state index >= 15 is 0 Å². The standard InChI is InChI=1S/C24H24N2O/c1-25(2)17-18-11-13-21(14-12-18)24(27)26-22-9-5-3-7-19(22)15-16-20-8-4-6-10-23(20)26/h3-14H,15-17H2,1-2H3. The van der Waals surface area contributed by atoms with Crippen LogP contribution >= 0.6 is 0 Å². The van der Waals surface area contributed by atoms with E-state index in [0.717, 1.165) is 30.8 Å². The van der Waals surface area contributed by atoms with E-state index < -0.39 is 0 Å². The van der Waals surface area contributed by atoms with Crippen molar-refractivity contribution in [2.24, 2.45) is 0 Å². The van der Waals surface area contributed by atoms with Crippen molar-refractivity contribution in [1.29, 1.82) is 0 Å². The lowest BCUT2D eigenvalue weighted by Gasteiger charge is -2.25. The fourth-order valence-corrected chi connectivity index (χ4v) is 3.75. The minimum Gasteiger partial charge on any atom is -0.305 e. The molecule has 3 heteroatoms. The van der Waals surface area contributed by atoms with Gasteiger partial charge in [0.25, 0.3) is 5.91 Å². The monoisotopic (exact) mass is 356 g/mol. The Morgan fingerprint density at radius 3 is 1.85 bits per heavy atom. The molecule has 3 aromatic rings. The fraction of sp³-hybridized carbons (Fsp3) is 0.208. The lowest BCUT2D eigenvalue weighted by Crippen LogP contribution is -2.27. The predicted octanol–water partition coefficient (Wildman–Crippen LogP) is 4.83. The van der Waals surface area contributed by atoms with Crippen molar-refractivity contribution < 1.29 is 4.79 Å². The minimum absolute atomic E-state index is 0.0215. The second kappa shape index (κ2) is 7.37. The number of aryl methyl sites for hydroxylation is 2. The minimum atomic E-state index is 0.0215. The molecule has 1 aliphatic heterocycles. The molecule has 0 radical (unpaired) electrons. The molecule has 0 N–H and O–H groups in total. The van der Waals surface area contributed by atoms with Crippen LogP contribution < -0.4 is 4.90 Å². The second-order valence-corrected chi connectivity index (χ2v) is 7.33. The third kappa shape index (κ3) is 3.51. The highest BCUT2D eigenvalue weighted by Crippen LogP contribution is 2.37. The lowest BCUT2D eigenvalue weighted by atomic mass is 10.0. The van der Waals surface area contributed by atoms with Crippen LogP contribution in [0, 0.1) is 0 Å². The third-order valence-electron chi connectivity index (χ3n) is 5.03. The summed E-state index contributed by atoms with van der Waals surface area (Å²) < 4.78 is 0. The van der Waals surface area contributed by atoms with Crippen LogP contribution in [-0.4, -0.2) is 24.9 Å². The first-order valence-electron chi connectivity index (χ1n) is 9.37. The van der Waals surface area contributed by atoms with Gasteiger partial charge in [-0.15, -0.1) is 0 Å². The smallest absolute Gasteiger partial charge is 0.262 e. The summed E-state index contributed by atoms with van der Waals surface area (Å²) in [5.41, 5.74) is 6.32. The van der Waals surface area contributed by atoms with Crippen LogP contribution in [0.5, 0.6) is 0 Å². The van der Waals surface area contributed by atoms with Crippen molar-refractivity contribution in [3.05, 3.63) is 95.1 Å². The van der Waals surface area contributed by atoms with Crippen LogP contribution in [-0.2, 0) is 19.4 Å². The van der Waals surface area contributed by atoms with Crippen LogP contribution in [0.3, 0.4) is 0 Å². The lowest BCUT2D eigenvalue weighted by molar-refractivity contribution is 0.0999. The van der Waals surface area contributed by atoms with Gasteiger partial charge in [0.15, 0.2) is 0 Å². The molecule has 27 heavy (non-hydrogen) atoms. The van der Waals surface area contributed by atoms with Crippen LogP contribution in [0.15, 0.2) is 72.8 Å². The zero-order valence-corrected chi connectivity index (χ0v) is 15.9. The summed E-state index contributed by atoms with van der Waals surface area (Å²) >= 11 is 0. The number of nitrogens with zero attached hydrogens (tertiary/aromatic N) is 2. The third-order valence-corrected chi connectivity index (χ3v) is 5.03. The Bertz CT molecular complexity index is 913. The van der Waals surface area contributed by atoms with Crippen molar-refractivity contribution in [2.45, 2.75) is 19.4 Å². The first-order chi connectivity index (χ1) is 13.1. The SMILES string of the molecule is CN(C)Cc1ccc(C(=O)N2c3ccccc3CCc3ccccc32)cc1. The number of fused-ring (bicyclic) bond motifs is 2. The molecule has 0 saturated carbocycles. The van der Waals surface area contributed by atoms with Gasteiger partial charge in [0.2, 0.25) is 0 Å². The highest BCUT2D eigenvalue weighted by atomic mass is 16.2. The van der Waals surface area contributed by atoms with E-state index in [4.69, 9.17) is 0 Å². The van der Waals surface area contributed by atoms with Gasteiger partial charge in [-0.3, -0.25) is 9.69 Å². The maximum absolute atomic E-state index is 13.5. The number of carbonyl (C=O) groups excluding carboxylic acids is 1. The Labute approximate surface area is 160 Å². The number of hydrogen-bond donors (Lipinski definition) is 0. The summed E-state index contributed by atoms with van der Waals surface area (Å²) in [5.74, 6) is 0.0215. The van der Waals surface area contributed by atoms with Gasteiger partial charge in [-0.2, -0.15) is 0 Å². The number of para-hydroxylation sites is 2. The van der Waals surface area contributed by atoms with E-state index in [-0.39, 0.29) is 5.91 Å². The molecule has 0 aliphatic carbocycles. The summed E-state index contributed by atoms with van der Waals surface area (Å²) in [6.45, 7) is 0.865. The van der Waals surface area contributed by atoms with Crippen LogP contribution in [0.25, 0.3) is 0 Å². The Kier molecular flexibility index (Phi) is 4.78. The van der Waals surface area contributed by atoms with Crippen LogP contribution in [0.2, 0.25) is 0 Å². The molecule has 1 amide bonds. The maximum atomic E-state index is 13.5. The molecule has 136 valence electrons. The van der Waals surface area contributed by atoms with Gasteiger partial charge in [0.1, 0.15) is 0 Å². The van der Waals surface area contributed by atoms with E-state index in [1.807, 2.05) is 67.5 Å². The number of benzene rings is 3. The van der Waals surface area contributed by atoms with Gasteiger partial charge in [-0.05, 0) is 67.9 Å². The number of rotatable bonds is 3. The molecular weight excluding hydrogens is 332 g/mol. The summed E-state index contributed by atoms with van der Waals surface area (Å²) in [5, 5.41) is 0. The van der Waals surface area contributed by atoms with Crippen molar-refractivity contribution in [1.82, 2.24) is 4.90 Å². The number of hydrogen-bond acceptors (Lipinski definition) is 2. The molecule has 4 rings (SSSR count). The molecule has 0 unspecified atom stereocenters. The Hall–Kier alpha value is -2.91. The predicted molar refractivity (Wildman–Crippen MR) is 111 cm³/mol. The topological polar surface area (TPSA) is 23.6 Å². The quantitative estimate of drug-likeness (QED) is 0.671. The zero-order valence-electron chi connectivity index (χ0n) is 15.9. The van der Waals surface area contributed by atoms with E-state index in [1.165, 1.54) is 16.7 Å². The highest BCUT2D eigenvalue weighted by molar-refractivity contribution is 6.12.